The topological polar surface area (TPSA) is 22.2 Å². The summed E-state index contributed by atoms with van der Waals surface area (Å²) in [6.07, 6.45) is 24.7. The Morgan fingerprint density at radius 1 is 0.843 bits per heavy atom. The number of aryl methyl sites for hydroxylation is 1. The molecule has 2 atom stereocenters. The molecule has 5 aromatic carbocycles. The van der Waals surface area contributed by atoms with Gasteiger partial charge in [0.05, 0.1) is 16.6 Å². The molecule has 0 N–H and O–H groups in total. The van der Waals surface area contributed by atoms with Crippen LogP contribution < -0.4 is 0 Å². The lowest BCUT2D eigenvalue weighted by Crippen LogP contribution is -2.09. The molecule has 246 valence electrons. The molecule has 51 heavy (non-hydrogen) atoms. The van der Waals surface area contributed by atoms with Gasteiger partial charge in [-0.05, 0) is 76.2 Å². The first-order valence-electron chi connectivity index (χ1n) is 17.9. The molecule has 9 rings (SSSR count). The summed E-state index contributed by atoms with van der Waals surface area (Å²) < 4.78 is 4.88. The minimum atomic E-state index is -0.0892. The number of dihydropyridines is 1. The number of aromatic nitrogens is 2. The molecular weight excluding hydrogens is 619 g/mol. The third-order valence-electron chi connectivity index (χ3n) is 10.6. The van der Waals surface area contributed by atoms with Crippen LogP contribution in [-0.4, -0.2) is 15.3 Å². The van der Waals surface area contributed by atoms with Gasteiger partial charge in [-0.1, -0.05) is 135 Å². The lowest BCUT2D eigenvalue weighted by atomic mass is 9.88. The van der Waals surface area contributed by atoms with Crippen molar-refractivity contribution in [3.63, 3.8) is 0 Å². The molecule has 0 saturated carbocycles. The number of allylic oxidation sites excluding steroid dienone is 8. The number of benzene rings is 5. The highest BCUT2D eigenvalue weighted by atomic mass is 15.1. The molecule has 0 spiro atoms. The minimum Gasteiger partial charge on any atom is -0.324 e. The zero-order valence-corrected chi connectivity index (χ0v) is 28.6. The first-order chi connectivity index (χ1) is 25.2. The summed E-state index contributed by atoms with van der Waals surface area (Å²) in [5, 5.41) is 6.40. The van der Waals surface area contributed by atoms with Crippen molar-refractivity contribution in [1.29, 1.82) is 0 Å². The van der Waals surface area contributed by atoms with Crippen LogP contribution in [0, 0.1) is 0 Å². The van der Waals surface area contributed by atoms with Crippen LogP contribution in [0.3, 0.4) is 0 Å². The Kier molecular flexibility index (Phi) is 7.82. The van der Waals surface area contributed by atoms with E-state index in [2.05, 4.69) is 162 Å². The van der Waals surface area contributed by atoms with E-state index < -0.39 is 0 Å². The van der Waals surface area contributed by atoms with Gasteiger partial charge >= 0.3 is 0 Å². The van der Waals surface area contributed by atoms with E-state index in [0.29, 0.717) is 0 Å². The van der Waals surface area contributed by atoms with Crippen molar-refractivity contribution in [3.05, 3.63) is 187 Å². The molecule has 7 aromatic rings. The van der Waals surface area contributed by atoms with E-state index in [1.807, 2.05) is 24.4 Å². The van der Waals surface area contributed by atoms with Crippen LogP contribution in [-0.2, 0) is 6.42 Å². The largest absolute Gasteiger partial charge is 0.324 e. The van der Waals surface area contributed by atoms with E-state index in [4.69, 9.17) is 4.99 Å². The van der Waals surface area contributed by atoms with Gasteiger partial charge in [-0.3, -0.25) is 4.99 Å². The Hall–Kier alpha value is -6.19. The van der Waals surface area contributed by atoms with Gasteiger partial charge in [0.15, 0.2) is 0 Å². The average Bonchev–Trinajstić information content (AvgIpc) is 3.76. The van der Waals surface area contributed by atoms with Crippen LogP contribution in [0.25, 0.3) is 60.8 Å². The number of aliphatic imine (C=N–C) groups is 1. The third kappa shape index (κ3) is 5.25. The molecule has 1 aliphatic carbocycles. The smallest absolute Gasteiger partial charge is 0.128 e. The second-order valence-corrected chi connectivity index (χ2v) is 13.5. The Morgan fingerprint density at radius 2 is 1.63 bits per heavy atom. The van der Waals surface area contributed by atoms with Gasteiger partial charge in [-0.25, -0.2) is 0 Å². The number of nitrogens with zero attached hydrogens (tertiary/aromatic N) is 3. The number of fused-ring (bicyclic) bond motifs is 9. The quantitative estimate of drug-likeness (QED) is 0.145. The fourth-order valence-corrected chi connectivity index (χ4v) is 8.22. The van der Waals surface area contributed by atoms with Crippen molar-refractivity contribution in [1.82, 2.24) is 9.13 Å². The van der Waals surface area contributed by atoms with Crippen molar-refractivity contribution in [2.45, 2.75) is 31.3 Å². The number of hydrogen-bond donors (Lipinski definition) is 0. The van der Waals surface area contributed by atoms with Crippen molar-refractivity contribution in [2.75, 3.05) is 0 Å². The molecule has 0 fully saturated rings. The normalized spacial score (nSPS) is 16.5. The minimum absolute atomic E-state index is 0.0338. The molecule has 3 nitrogen and oxygen atoms in total. The van der Waals surface area contributed by atoms with Crippen LogP contribution in [0.5, 0.6) is 0 Å². The Morgan fingerprint density at radius 3 is 2.41 bits per heavy atom. The van der Waals surface area contributed by atoms with Crippen LogP contribution in [0.4, 0.5) is 0 Å². The zero-order chi connectivity index (χ0) is 34.3. The van der Waals surface area contributed by atoms with Gasteiger partial charge < -0.3 is 9.13 Å². The third-order valence-corrected chi connectivity index (χ3v) is 10.6. The van der Waals surface area contributed by atoms with E-state index in [-0.39, 0.29) is 12.1 Å². The summed E-state index contributed by atoms with van der Waals surface area (Å²) in [6, 6.07) is 37.3. The highest BCUT2D eigenvalue weighted by Crippen LogP contribution is 2.46. The Balaban J connectivity index is 1.39. The van der Waals surface area contributed by atoms with E-state index in [1.165, 1.54) is 60.2 Å². The molecule has 1 aliphatic heterocycles. The average molecular weight is 658 g/mol. The van der Waals surface area contributed by atoms with Gasteiger partial charge in [0.1, 0.15) is 6.17 Å². The Labute approximate surface area is 298 Å². The SMILES string of the molecule is C=C/C=C(\C(C=CC(=C)c1ccccc1)c1ccccc1)n1c2cc3c(ccn3C3CC=CC=N3)cc2c2c3ccccc3c3c(c21)C=CCC3. The predicted octanol–water partition coefficient (Wildman–Crippen LogP) is 12.5. The monoisotopic (exact) mass is 657 g/mol. The summed E-state index contributed by atoms with van der Waals surface area (Å²) in [5.41, 5.74) is 10.8. The number of rotatable bonds is 8. The first kappa shape index (κ1) is 30.8. The molecule has 2 unspecified atom stereocenters. The van der Waals surface area contributed by atoms with E-state index >= 15 is 0 Å². The van der Waals surface area contributed by atoms with Crippen LogP contribution in [0.2, 0.25) is 0 Å². The Bertz CT molecular complexity index is 2640. The van der Waals surface area contributed by atoms with Crippen molar-refractivity contribution >= 4 is 67.0 Å². The summed E-state index contributed by atoms with van der Waals surface area (Å²) >= 11 is 0. The van der Waals surface area contributed by atoms with Crippen molar-refractivity contribution < 1.29 is 0 Å². The van der Waals surface area contributed by atoms with Gasteiger partial charge in [-0.2, -0.15) is 0 Å². The fraction of sp³-hybridized carbons (Fsp3) is 0.104. The summed E-state index contributed by atoms with van der Waals surface area (Å²) in [6.45, 7) is 8.74. The van der Waals surface area contributed by atoms with Crippen LogP contribution >= 0.6 is 0 Å². The molecule has 3 heteroatoms. The van der Waals surface area contributed by atoms with Gasteiger partial charge in [0.25, 0.3) is 0 Å². The maximum Gasteiger partial charge on any atom is 0.128 e. The molecular formula is C48H39N3. The van der Waals surface area contributed by atoms with Gasteiger partial charge in [-0.15, -0.1) is 0 Å². The van der Waals surface area contributed by atoms with Gasteiger partial charge in [0, 0.05) is 52.2 Å². The van der Waals surface area contributed by atoms with Gasteiger partial charge in [0.2, 0.25) is 0 Å². The van der Waals surface area contributed by atoms with Crippen molar-refractivity contribution in [3.8, 4) is 0 Å². The standard InChI is InChI=1S/C48H39N3/c1-3-16-43(37(35-19-8-5-9-20-35)27-26-33(2)34-17-6-4-7-18-34)51-45-32-44-36(28-30-50(44)46-25-14-15-29-49-46)31-42(45)47-40-23-12-10-21-38(40)39-22-11-13-24-41(39)48(47)51/h3-10,12-21,23-24,26-32,37,46H,1-2,11,22,25H2/b27-26?,43-16+. The lowest BCUT2D eigenvalue weighted by Gasteiger charge is -2.24. The molecule has 2 aromatic heterocycles. The first-order valence-corrected chi connectivity index (χ1v) is 17.9. The summed E-state index contributed by atoms with van der Waals surface area (Å²) in [4.78, 5) is 4.86. The zero-order valence-electron chi connectivity index (χ0n) is 28.6. The second kappa shape index (κ2) is 12.9. The molecule has 0 amide bonds. The number of hydrogen-bond acceptors (Lipinski definition) is 1. The molecule has 0 bridgehead atoms. The fourth-order valence-electron chi connectivity index (χ4n) is 8.22. The molecule has 3 heterocycles. The van der Waals surface area contributed by atoms with E-state index in [9.17, 15) is 0 Å². The second-order valence-electron chi connectivity index (χ2n) is 13.5. The lowest BCUT2D eigenvalue weighted by molar-refractivity contribution is 0.547. The van der Waals surface area contributed by atoms with Crippen LogP contribution in [0.15, 0.2) is 170 Å². The molecule has 0 saturated heterocycles. The predicted molar refractivity (Wildman–Crippen MR) is 219 cm³/mol. The summed E-state index contributed by atoms with van der Waals surface area (Å²) in [7, 11) is 0. The summed E-state index contributed by atoms with van der Waals surface area (Å²) in [5.74, 6) is -0.0892. The molecule has 0 radical (unpaired) electrons. The highest BCUT2D eigenvalue weighted by molar-refractivity contribution is 6.26. The van der Waals surface area contributed by atoms with Crippen molar-refractivity contribution in [2.24, 2.45) is 4.99 Å². The van der Waals surface area contributed by atoms with E-state index in [0.717, 1.165) is 36.1 Å². The maximum atomic E-state index is 4.86. The highest BCUT2D eigenvalue weighted by Gasteiger charge is 2.27. The van der Waals surface area contributed by atoms with E-state index in [1.54, 1.807) is 0 Å². The maximum absolute atomic E-state index is 4.86. The van der Waals surface area contributed by atoms with Crippen LogP contribution in [0.1, 0.15) is 47.2 Å². The molecule has 2 aliphatic rings.